The zero-order valence-electron chi connectivity index (χ0n) is 24.3. The molecule has 0 fully saturated rings. The summed E-state index contributed by atoms with van der Waals surface area (Å²) in [7, 11) is 0. The van der Waals surface area contributed by atoms with E-state index in [0.29, 0.717) is 22.8 Å². The van der Waals surface area contributed by atoms with Gasteiger partial charge in [0.25, 0.3) is 0 Å². The van der Waals surface area contributed by atoms with Crippen molar-refractivity contribution in [1.29, 1.82) is 0 Å². The highest BCUT2D eigenvalue weighted by Gasteiger charge is 2.55. The third kappa shape index (κ3) is 3.81. The summed E-state index contributed by atoms with van der Waals surface area (Å²) in [6.07, 6.45) is 3.73. The fraction of sp³-hybridized carbons (Fsp3) is 0.0789. The molecule has 5 aromatic carbocycles. The molecule has 0 unspecified atom stereocenters. The molecule has 0 saturated carbocycles. The average Bonchev–Trinajstić information content (AvgIpc) is 3.65. The Hall–Kier alpha value is -5.03. The van der Waals surface area contributed by atoms with Gasteiger partial charge in [-0.1, -0.05) is 84.4 Å². The molecule has 6 aromatic rings. The molecule has 0 N–H and O–H groups in total. The summed E-state index contributed by atoms with van der Waals surface area (Å²) in [6.45, 7) is 1.99. The molecule has 3 heterocycles. The van der Waals surface area contributed by atoms with Gasteiger partial charge >= 0.3 is 6.97 Å². The quantitative estimate of drug-likeness (QED) is 0.190. The molecule has 0 radical (unpaired) electrons. The van der Waals surface area contributed by atoms with Crippen molar-refractivity contribution in [1.82, 2.24) is 4.48 Å². The monoisotopic (exact) mass is 562 g/mol. The lowest BCUT2D eigenvalue weighted by Gasteiger charge is -2.34. The molecule has 5 heteroatoms. The van der Waals surface area contributed by atoms with Gasteiger partial charge in [-0.25, -0.2) is 0 Å². The number of fused-ring (bicyclic) bond motifs is 4. The standard InChI is InChI=1S/C38H29BF2N2/c1-24-20-25(2)37(26(3)21-24)38-35-18-16-33(31-14-12-27-8-4-6-10-29(27)22-31)42(35)39(40,41)43-34(17-19-36(38)43)32-15-13-28-9-5-7-11-30(28)23-32/h4-23H,1-3H3. The summed E-state index contributed by atoms with van der Waals surface area (Å²) in [5.41, 5.74) is 8.78. The van der Waals surface area contributed by atoms with Gasteiger partial charge in [0, 0.05) is 29.1 Å². The predicted molar refractivity (Wildman–Crippen MR) is 175 cm³/mol. The minimum Gasteiger partial charge on any atom is -0.389 e. The molecule has 208 valence electrons. The van der Waals surface area contributed by atoms with Crippen LogP contribution in [0.2, 0.25) is 0 Å². The number of halogens is 2. The van der Waals surface area contributed by atoms with Gasteiger partial charge in [-0.2, -0.15) is 0 Å². The van der Waals surface area contributed by atoms with Gasteiger partial charge in [0.05, 0.1) is 5.57 Å². The summed E-state index contributed by atoms with van der Waals surface area (Å²) in [6, 6.07) is 36.1. The van der Waals surface area contributed by atoms with Crippen molar-refractivity contribution >= 4 is 39.8 Å². The maximum atomic E-state index is 17.3. The highest BCUT2D eigenvalue weighted by molar-refractivity contribution is 6.59. The Balaban J connectivity index is 1.45. The second-order valence-corrected chi connectivity index (χ2v) is 11.8. The van der Waals surface area contributed by atoms with Crippen LogP contribution in [0.25, 0.3) is 38.4 Å². The maximum absolute atomic E-state index is 17.3. The first-order chi connectivity index (χ1) is 20.8. The van der Waals surface area contributed by atoms with E-state index in [9.17, 15) is 0 Å². The normalized spacial score (nSPS) is 15.5. The van der Waals surface area contributed by atoms with Gasteiger partial charge in [0.1, 0.15) is 0 Å². The fourth-order valence-electron chi connectivity index (χ4n) is 7.22. The van der Waals surface area contributed by atoms with E-state index in [4.69, 9.17) is 0 Å². The lowest BCUT2D eigenvalue weighted by Crippen LogP contribution is -2.51. The first-order valence-electron chi connectivity index (χ1n) is 14.7. The Bertz CT molecular complexity index is 2230. The largest absolute Gasteiger partial charge is 0.737 e. The van der Waals surface area contributed by atoms with E-state index in [1.807, 2.05) is 109 Å². The lowest BCUT2D eigenvalue weighted by molar-refractivity contribution is -0.360. The number of hydrogen-bond acceptors (Lipinski definition) is 0. The van der Waals surface area contributed by atoms with Crippen molar-refractivity contribution in [2.24, 2.45) is 0 Å². The fourth-order valence-corrected chi connectivity index (χ4v) is 7.22. The van der Waals surface area contributed by atoms with Crippen molar-refractivity contribution in [2.45, 2.75) is 20.8 Å². The molecule has 8 rings (SSSR count). The van der Waals surface area contributed by atoms with Crippen LogP contribution < -0.4 is 0 Å². The second kappa shape index (κ2) is 9.24. The predicted octanol–water partition coefficient (Wildman–Crippen LogP) is 9.45. The van der Waals surface area contributed by atoms with Gasteiger partial charge < -0.3 is 17.6 Å². The summed E-state index contributed by atoms with van der Waals surface area (Å²) in [5, 5.41) is 4.21. The van der Waals surface area contributed by atoms with Crippen LogP contribution in [-0.2, 0) is 0 Å². The highest BCUT2D eigenvalue weighted by atomic mass is 19.2. The van der Waals surface area contributed by atoms with Crippen LogP contribution in [0.15, 0.2) is 127 Å². The molecular weight excluding hydrogens is 533 g/mol. The number of aryl methyl sites for hydroxylation is 3. The Kier molecular flexibility index (Phi) is 5.51. The molecule has 0 spiro atoms. The summed E-state index contributed by atoms with van der Waals surface area (Å²) in [4.78, 5) is 0. The highest BCUT2D eigenvalue weighted by Crippen LogP contribution is 2.45. The van der Waals surface area contributed by atoms with Crippen LogP contribution >= 0.6 is 0 Å². The van der Waals surface area contributed by atoms with Gasteiger partial charge in [-0.15, -0.1) is 0 Å². The molecule has 43 heavy (non-hydrogen) atoms. The molecule has 2 nitrogen and oxygen atoms in total. The minimum absolute atomic E-state index is 0.509. The number of benzene rings is 5. The van der Waals surface area contributed by atoms with Crippen LogP contribution in [0.3, 0.4) is 0 Å². The molecule has 0 atom stereocenters. The SMILES string of the molecule is Cc1cc(C)c(C2=C3C=CC(c4ccc5ccccc5c4)=[N+]3[B-](F)(F)n3c2ccc3-c2ccc3ccccc3c2)c(C)c1. The molecular formula is C38H29BF2N2. The van der Waals surface area contributed by atoms with Crippen molar-refractivity contribution in [3.63, 3.8) is 0 Å². The molecule has 0 aliphatic carbocycles. The van der Waals surface area contributed by atoms with E-state index in [0.717, 1.165) is 60.5 Å². The van der Waals surface area contributed by atoms with Crippen molar-refractivity contribution < 1.29 is 13.1 Å². The van der Waals surface area contributed by atoms with Crippen molar-refractivity contribution in [3.8, 4) is 11.3 Å². The first-order valence-corrected chi connectivity index (χ1v) is 14.7. The van der Waals surface area contributed by atoms with E-state index in [-0.39, 0.29) is 0 Å². The molecule has 2 aliphatic heterocycles. The van der Waals surface area contributed by atoms with Gasteiger partial charge in [0.15, 0.2) is 11.4 Å². The third-order valence-electron chi connectivity index (χ3n) is 8.99. The molecule has 0 saturated heterocycles. The zero-order chi connectivity index (χ0) is 29.5. The minimum atomic E-state index is -4.25. The molecule has 0 bridgehead atoms. The summed E-state index contributed by atoms with van der Waals surface area (Å²) < 4.78 is 37.2. The van der Waals surface area contributed by atoms with Gasteiger partial charge in [-0.05, 0) is 94.9 Å². The molecule has 2 aliphatic rings. The van der Waals surface area contributed by atoms with Crippen LogP contribution in [0.5, 0.6) is 0 Å². The number of hydrogen-bond donors (Lipinski definition) is 0. The number of allylic oxidation sites excluding steroid dienone is 2. The van der Waals surface area contributed by atoms with E-state index in [1.165, 1.54) is 8.96 Å². The van der Waals surface area contributed by atoms with Gasteiger partial charge in [0.2, 0.25) is 0 Å². The third-order valence-corrected chi connectivity index (χ3v) is 8.99. The maximum Gasteiger partial charge on any atom is 0.737 e. The van der Waals surface area contributed by atoms with Gasteiger partial charge in [-0.3, -0.25) is 0 Å². The van der Waals surface area contributed by atoms with E-state index < -0.39 is 6.97 Å². The van der Waals surface area contributed by atoms with Crippen molar-refractivity contribution in [3.05, 3.63) is 161 Å². The Morgan fingerprint density at radius 1 is 0.581 bits per heavy atom. The summed E-state index contributed by atoms with van der Waals surface area (Å²) in [5.74, 6) is 0. The Morgan fingerprint density at radius 3 is 1.79 bits per heavy atom. The number of rotatable bonds is 3. The van der Waals surface area contributed by atoms with Crippen LogP contribution in [0, 0.1) is 20.8 Å². The zero-order valence-corrected chi connectivity index (χ0v) is 24.3. The van der Waals surface area contributed by atoms with E-state index >= 15 is 8.63 Å². The average molecular weight is 562 g/mol. The first kappa shape index (κ1) is 25.7. The topological polar surface area (TPSA) is 7.94 Å². The Morgan fingerprint density at radius 2 is 1.14 bits per heavy atom. The Labute approximate surface area is 249 Å². The van der Waals surface area contributed by atoms with Crippen LogP contribution in [0.4, 0.5) is 8.63 Å². The summed E-state index contributed by atoms with van der Waals surface area (Å²) >= 11 is 0. The number of aromatic nitrogens is 1. The number of nitrogens with zero attached hydrogens (tertiary/aromatic N) is 2. The molecule has 0 amide bonds. The van der Waals surface area contributed by atoms with E-state index in [1.54, 1.807) is 0 Å². The smallest absolute Gasteiger partial charge is 0.389 e. The van der Waals surface area contributed by atoms with E-state index in [2.05, 4.69) is 32.9 Å². The van der Waals surface area contributed by atoms with Crippen molar-refractivity contribution in [2.75, 3.05) is 0 Å². The molecule has 1 aromatic heterocycles. The van der Waals surface area contributed by atoms with Crippen LogP contribution in [0.1, 0.15) is 33.5 Å². The lowest BCUT2D eigenvalue weighted by atomic mass is 9.82. The van der Waals surface area contributed by atoms with Crippen LogP contribution in [-0.4, -0.2) is 21.6 Å². The second-order valence-electron chi connectivity index (χ2n) is 11.8.